The highest BCUT2D eigenvalue weighted by molar-refractivity contribution is 6.31. The maximum atomic E-state index is 14.1. The van der Waals surface area contributed by atoms with Crippen molar-refractivity contribution in [3.05, 3.63) is 52.7 Å². The van der Waals surface area contributed by atoms with Crippen molar-refractivity contribution in [1.82, 2.24) is 14.9 Å². The second-order valence-electron chi connectivity index (χ2n) is 7.40. The van der Waals surface area contributed by atoms with E-state index in [2.05, 4.69) is 25.8 Å². The Morgan fingerprint density at radius 3 is 2.68 bits per heavy atom. The summed E-state index contributed by atoms with van der Waals surface area (Å²) in [6, 6.07) is 7.95. The molecule has 1 aromatic carbocycles. The molecule has 4 nitrogen and oxygen atoms in total. The molecule has 130 valence electrons. The van der Waals surface area contributed by atoms with Crippen molar-refractivity contribution in [2.24, 2.45) is 0 Å². The van der Waals surface area contributed by atoms with E-state index in [0.29, 0.717) is 35.1 Å². The van der Waals surface area contributed by atoms with Gasteiger partial charge in [-0.2, -0.15) is 0 Å². The Morgan fingerprint density at radius 2 is 1.96 bits per heavy atom. The van der Waals surface area contributed by atoms with Crippen LogP contribution in [0.1, 0.15) is 36.4 Å². The Hall–Kier alpha value is -1.72. The van der Waals surface area contributed by atoms with Gasteiger partial charge in [0.25, 0.3) is 0 Å². The average molecular weight is 359 g/mol. The molecule has 0 radical (unpaired) electrons. The second kappa shape index (κ2) is 5.92. The van der Waals surface area contributed by atoms with Gasteiger partial charge in [-0.15, -0.1) is 0 Å². The lowest BCUT2D eigenvalue weighted by molar-refractivity contribution is -0.00944. The first-order chi connectivity index (χ1) is 12.2. The molecule has 1 aliphatic carbocycles. The highest BCUT2D eigenvalue weighted by atomic mass is 35.5. The predicted molar refractivity (Wildman–Crippen MR) is 95.4 cm³/mol. The van der Waals surface area contributed by atoms with Crippen molar-refractivity contribution < 1.29 is 4.39 Å². The van der Waals surface area contributed by atoms with Crippen LogP contribution in [0, 0.1) is 5.82 Å². The number of piperidine rings is 1. The van der Waals surface area contributed by atoms with E-state index >= 15 is 0 Å². The molecule has 6 rings (SSSR count). The molecule has 25 heavy (non-hydrogen) atoms. The first kappa shape index (κ1) is 15.5. The SMILES string of the molecule is Fc1cccc(Cl)c1CN1C2CC1CN(c1cc(C3CC3)ncn1)C2. The zero-order valence-corrected chi connectivity index (χ0v) is 14.7. The van der Waals surface area contributed by atoms with Gasteiger partial charge in [-0.25, -0.2) is 14.4 Å². The molecule has 3 saturated heterocycles. The van der Waals surface area contributed by atoms with Crippen LogP contribution < -0.4 is 4.90 Å². The van der Waals surface area contributed by atoms with E-state index in [9.17, 15) is 4.39 Å². The largest absolute Gasteiger partial charge is 0.353 e. The third-order valence-corrected chi connectivity index (χ3v) is 6.09. The summed E-state index contributed by atoms with van der Waals surface area (Å²) in [6.07, 6.45) is 5.36. The molecule has 4 aliphatic rings. The summed E-state index contributed by atoms with van der Waals surface area (Å²) in [7, 11) is 0. The summed E-state index contributed by atoms with van der Waals surface area (Å²) in [5.74, 6) is 1.47. The van der Waals surface area contributed by atoms with Crippen molar-refractivity contribution in [3.8, 4) is 0 Å². The summed E-state index contributed by atoms with van der Waals surface area (Å²) in [6.45, 7) is 2.46. The summed E-state index contributed by atoms with van der Waals surface area (Å²) < 4.78 is 14.1. The monoisotopic (exact) mass is 358 g/mol. The molecule has 3 aliphatic heterocycles. The minimum Gasteiger partial charge on any atom is -0.353 e. The number of aromatic nitrogens is 2. The smallest absolute Gasteiger partial charge is 0.132 e. The molecule has 2 atom stereocenters. The van der Waals surface area contributed by atoms with Crippen molar-refractivity contribution in [3.63, 3.8) is 0 Å². The van der Waals surface area contributed by atoms with E-state index in [-0.39, 0.29) is 5.82 Å². The van der Waals surface area contributed by atoms with Gasteiger partial charge in [0.05, 0.1) is 0 Å². The fourth-order valence-electron chi connectivity index (χ4n) is 4.14. The van der Waals surface area contributed by atoms with Crippen LogP contribution in [0.25, 0.3) is 0 Å². The van der Waals surface area contributed by atoms with Crippen LogP contribution >= 0.6 is 11.6 Å². The molecule has 2 aromatic rings. The van der Waals surface area contributed by atoms with Gasteiger partial charge >= 0.3 is 0 Å². The number of halogens is 2. The normalized spacial score (nSPS) is 25.8. The number of nitrogens with zero attached hydrogens (tertiary/aromatic N) is 4. The molecular formula is C19H20ClFN4. The zero-order valence-electron chi connectivity index (χ0n) is 13.9. The van der Waals surface area contributed by atoms with Crippen LogP contribution in [0.4, 0.5) is 10.2 Å². The lowest BCUT2D eigenvalue weighted by atomic mass is 9.86. The molecule has 6 heteroatoms. The highest BCUT2D eigenvalue weighted by Gasteiger charge is 2.45. The molecule has 0 N–H and O–H groups in total. The lowest BCUT2D eigenvalue weighted by Crippen LogP contribution is -2.68. The quantitative estimate of drug-likeness (QED) is 0.835. The number of piperazine rings is 1. The van der Waals surface area contributed by atoms with Gasteiger partial charge in [0.1, 0.15) is 18.0 Å². The molecule has 1 aromatic heterocycles. The number of anilines is 1. The third-order valence-electron chi connectivity index (χ3n) is 5.74. The van der Waals surface area contributed by atoms with Crippen LogP contribution in [0.3, 0.4) is 0 Å². The molecule has 4 heterocycles. The molecule has 1 saturated carbocycles. The fraction of sp³-hybridized carbons (Fsp3) is 0.474. The number of hydrogen-bond acceptors (Lipinski definition) is 4. The Morgan fingerprint density at radius 1 is 1.16 bits per heavy atom. The number of rotatable bonds is 4. The van der Waals surface area contributed by atoms with Crippen molar-refractivity contribution >= 4 is 17.4 Å². The van der Waals surface area contributed by atoms with Crippen LogP contribution in [0.5, 0.6) is 0 Å². The van der Waals surface area contributed by atoms with Gasteiger partial charge in [0.2, 0.25) is 0 Å². The van der Waals surface area contributed by atoms with Crippen LogP contribution in [0.15, 0.2) is 30.6 Å². The van der Waals surface area contributed by atoms with Gasteiger partial charge in [0.15, 0.2) is 0 Å². The Kier molecular flexibility index (Phi) is 3.68. The van der Waals surface area contributed by atoms with Gasteiger partial charge in [-0.1, -0.05) is 17.7 Å². The van der Waals surface area contributed by atoms with Gasteiger partial charge in [0, 0.05) is 60.0 Å². The summed E-state index contributed by atoms with van der Waals surface area (Å²) in [5, 5.41) is 0.520. The van der Waals surface area contributed by atoms with E-state index < -0.39 is 0 Å². The van der Waals surface area contributed by atoms with E-state index in [4.69, 9.17) is 11.6 Å². The summed E-state index contributed by atoms with van der Waals surface area (Å²) in [4.78, 5) is 13.6. The molecular weight excluding hydrogens is 339 g/mol. The maximum Gasteiger partial charge on any atom is 0.132 e. The number of benzene rings is 1. The van der Waals surface area contributed by atoms with E-state index in [1.165, 1.54) is 31.0 Å². The Labute approximate surface area is 151 Å². The van der Waals surface area contributed by atoms with Crippen LogP contribution in [-0.4, -0.2) is 40.0 Å². The standard InChI is InChI=1S/C19H20ClFN4/c20-16-2-1-3-17(21)15(16)10-25-13-6-14(25)9-24(8-13)19-7-18(12-4-5-12)22-11-23-19/h1-3,7,11-14H,4-6,8-10H2. The topological polar surface area (TPSA) is 32.3 Å². The first-order valence-electron chi connectivity index (χ1n) is 8.94. The maximum absolute atomic E-state index is 14.1. The van der Waals surface area contributed by atoms with Crippen molar-refractivity contribution in [1.29, 1.82) is 0 Å². The van der Waals surface area contributed by atoms with E-state index in [0.717, 1.165) is 18.9 Å². The molecule has 0 amide bonds. The highest BCUT2D eigenvalue weighted by Crippen LogP contribution is 2.41. The van der Waals surface area contributed by atoms with Crippen LogP contribution in [-0.2, 0) is 6.54 Å². The van der Waals surface area contributed by atoms with Crippen LogP contribution in [0.2, 0.25) is 5.02 Å². The van der Waals surface area contributed by atoms with Crippen molar-refractivity contribution in [2.45, 2.75) is 43.8 Å². The summed E-state index contributed by atoms with van der Waals surface area (Å²) >= 11 is 6.19. The minimum atomic E-state index is -0.209. The Balaban J connectivity index is 1.30. The first-order valence-corrected chi connectivity index (χ1v) is 9.32. The minimum absolute atomic E-state index is 0.209. The van der Waals surface area contributed by atoms with Gasteiger partial charge in [-0.05, 0) is 31.4 Å². The summed E-state index contributed by atoms with van der Waals surface area (Å²) in [5.41, 5.74) is 1.80. The number of fused-ring (bicyclic) bond motifs is 2. The fourth-order valence-corrected chi connectivity index (χ4v) is 4.36. The molecule has 0 spiro atoms. The van der Waals surface area contributed by atoms with Gasteiger partial charge < -0.3 is 4.90 Å². The molecule has 2 bridgehead atoms. The molecule has 4 fully saturated rings. The average Bonchev–Trinajstić information content (AvgIpc) is 3.47. The molecule has 2 unspecified atom stereocenters. The van der Waals surface area contributed by atoms with Gasteiger partial charge in [-0.3, -0.25) is 4.90 Å². The third kappa shape index (κ3) is 2.79. The van der Waals surface area contributed by atoms with E-state index in [1.807, 2.05) is 0 Å². The van der Waals surface area contributed by atoms with Crippen molar-refractivity contribution in [2.75, 3.05) is 18.0 Å². The van der Waals surface area contributed by atoms with E-state index in [1.54, 1.807) is 18.5 Å². The number of hydrogen-bond donors (Lipinski definition) is 0. The Bertz CT molecular complexity index is 778. The predicted octanol–water partition coefficient (Wildman–Crippen LogP) is 3.61. The zero-order chi connectivity index (χ0) is 17.0. The lowest BCUT2D eigenvalue weighted by Gasteiger charge is -2.56. The second-order valence-corrected chi connectivity index (χ2v) is 7.80.